The van der Waals surface area contributed by atoms with Crippen molar-refractivity contribution in [1.82, 2.24) is 0 Å². The Morgan fingerprint density at radius 3 is 2.56 bits per heavy atom. The number of allylic oxidation sites excluding steroid dienone is 4. The van der Waals surface area contributed by atoms with Crippen molar-refractivity contribution >= 4 is 28.4 Å². The second kappa shape index (κ2) is 6.58. The zero-order valence-electron chi connectivity index (χ0n) is 10.5. The topological polar surface area (TPSA) is 17.1 Å². The summed E-state index contributed by atoms with van der Waals surface area (Å²) < 4.78 is 0.871. The van der Waals surface area contributed by atoms with Gasteiger partial charge in [-0.3, -0.25) is 4.79 Å². The SMILES string of the molecule is CC=C(I)C(=O)C1=C(CC(C)C)CCCC1. The molecule has 0 aromatic heterocycles. The molecule has 1 rings (SSSR count). The van der Waals surface area contributed by atoms with Gasteiger partial charge in [0.1, 0.15) is 0 Å². The molecule has 0 saturated carbocycles. The van der Waals surface area contributed by atoms with Crippen LogP contribution in [0.5, 0.6) is 0 Å². The van der Waals surface area contributed by atoms with Crippen molar-refractivity contribution in [1.29, 1.82) is 0 Å². The molecule has 16 heavy (non-hydrogen) atoms. The van der Waals surface area contributed by atoms with Crippen LogP contribution < -0.4 is 0 Å². The molecule has 0 spiro atoms. The van der Waals surface area contributed by atoms with Crippen LogP contribution in [0.1, 0.15) is 52.9 Å². The van der Waals surface area contributed by atoms with E-state index in [1.54, 1.807) is 0 Å². The van der Waals surface area contributed by atoms with Crippen molar-refractivity contribution in [3.05, 3.63) is 20.8 Å². The first kappa shape index (κ1) is 13.9. The molecule has 2 heteroatoms. The molecular weight excluding hydrogens is 311 g/mol. The van der Waals surface area contributed by atoms with Gasteiger partial charge in [-0.05, 0) is 73.1 Å². The fraction of sp³-hybridized carbons (Fsp3) is 0.643. The first-order valence-electron chi connectivity index (χ1n) is 6.13. The molecule has 90 valence electrons. The van der Waals surface area contributed by atoms with E-state index in [-0.39, 0.29) is 5.78 Å². The number of halogens is 1. The van der Waals surface area contributed by atoms with Crippen LogP contribution in [-0.4, -0.2) is 5.78 Å². The monoisotopic (exact) mass is 332 g/mol. The van der Waals surface area contributed by atoms with Gasteiger partial charge >= 0.3 is 0 Å². The molecule has 1 aliphatic carbocycles. The largest absolute Gasteiger partial charge is 0.288 e. The molecule has 0 aliphatic heterocycles. The van der Waals surface area contributed by atoms with E-state index in [9.17, 15) is 4.79 Å². The van der Waals surface area contributed by atoms with E-state index in [4.69, 9.17) is 0 Å². The van der Waals surface area contributed by atoms with Crippen LogP contribution in [0.2, 0.25) is 0 Å². The second-order valence-corrected chi connectivity index (χ2v) is 6.02. The maximum atomic E-state index is 12.2. The lowest BCUT2D eigenvalue weighted by Gasteiger charge is -2.21. The lowest BCUT2D eigenvalue weighted by Crippen LogP contribution is -2.11. The van der Waals surface area contributed by atoms with Gasteiger partial charge in [-0.1, -0.05) is 25.5 Å². The van der Waals surface area contributed by atoms with Crippen LogP contribution in [-0.2, 0) is 4.79 Å². The number of Topliss-reactive ketones (excluding diaryl/α,β-unsaturated/α-hetero) is 1. The number of rotatable bonds is 4. The maximum Gasteiger partial charge on any atom is 0.194 e. The summed E-state index contributed by atoms with van der Waals surface area (Å²) in [5, 5.41) is 0. The van der Waals surface area contributed by atoms with E-state index in [1.807, 2.05) is 13.0 Å². The summed E-state index contributed by atoms with van der Waals surface area (Å²) in [7, 11) is 0. The minimum absolute atomic E-state index is 0.276. The van der Waals surface area contributed by atoms with Gasteiger partial charge in [0.15, 0.2) is 5.78 Å². The summed E-state index contributed by atoms with van der Waals surface area (Å²) in [5.41, 5.74) is 2.53. The number of carbonyl (C=O) groups is 1. The molecule has 0 heterocycles. The highest BCUT2D eigenvalue weighted by atomic mass is 127. The summed E-state index contributed by atoms with van der Waals surface area (Å²) in [6.45, 7) is 6.39. The highest BCUT2D eigenvalue weighted by Gasteiger charge is 2.20. The van der Waals surface area contributed by atoms with Crippen molar-refractivity contribution in [2.75, 3.05) is 0 Å². The molecule has 0 amide bonds. The molecule has 1 nitrogen and oxygen atoms in total. The standard InChI is InChI=1S/C14H21IO/c1-4-13(15)14(16)12-8-6-5-7-11(12)9-10(2)3/h4,10H,5-9H2,1-3H3. The van der Waals surface area contributed by atoms with E-state index in [1.165, 1.54) is 18.4 Å². The quantitative estimate of drug-likeness (QED) is 0.533. The molecule has 0 aromatic rings. The van der Waals surface area contributed by atoms with Gasteiger partial charge in [0.25, 0.3) is 0 Å². The third-order valence-electron chi connectivity index (χ3n) is 2.98. The van der Waals surface area contributed by atoms with Crippen molar-refractivity contribution in [3.63, 3.8) is 0 Å². The smallest absolute Gasteiger partial charge is 0.194 e. The summed E-state index contributed by atoms with van der Waals surface area (Å²) in [5.74, 6) is 0.928. The number of carbonyl (C=O) groups excluding carboxylic acids is 1. The van der Waals surface area contributed by atoms with Crippen molar-refractivity contribution in [3.8, 4) is 0 Å². The number of hydrogen-bond acceptors (Lipinski definition) is 1. The Kier molecular flexibility index (Phi) is 5.73. The third kappa shape index (κ3) is 3.72. The van der Waals surface area contributed by atoms with Crippen LogP contribution in [0.4, 0.5) is 0 Å². The molecule has 0 fully saturated rings. The van der Waals surface area contributed by atoms with E-state index in [2.05, 4.69) is 36.4 Å². The fourth-order valence-corrected chi connectivity index (χ4v) is 2.56. The Hall–Kier alpha value is -0.120. The Morgan fingerprint density at radius 1 is 1.38 bits per heavy atom. The first-order valence-corrected chi connectivity index (χ1v) is 7.21. The zero-order chi connectivity index (χ0) is 12.1. The van der Waals surface area contributed by atoms with Crippen molar-refractivity contribution < 1.29 is 4.79 Å². The summed E-state index contributed by atoms with van der Waals surface area (Å²) in [6, 6.07) is 0. The van der Waals surface area contributed by atoms with Crippen LogP contribution in [0.3, 0.4) is 0 Å². The van der Waals surface area contributed by atoms with Gasteiger partial charge in [0, 0.05) is 0 Å². The zero-order valence-corrected chi connectivity index (χ0v) is 12.6. The highest BCUT2D eigenvalue weighted by molar-refractivity contribution is 14.1. The number of ketones is 1. The van der Waals surface area contributed by atoms with E-state index in [0.29, 0.717) is 5.92 Å². The fourth-order valence-electron chi connectivity index (χ4n) is 2.24. The molecule has 0 unspecified atom stereocenters. The van der Waals surface area contributed by atoms with Crippen LogP contribution in [0.15, 0.2) is 20.8 Å². The van der Waals surface area contributed by atoms with Crippen LogP contribution >= 0.6 is 22.6 Å². The third-order valence-corrected chi connectivity index (χ3v) is 4.09. The molecule has 0 saturated heterocycles. The lowest BCUT2D eigenvalue weighted by atomic mass is 9.85. The van der Waals surface area contributed by atoms with Crippen molar-refractivity contribution in [2.45, 2.75) is 52.9 Å². The molecular formula is C14H21IO. The minimum atomic E-state index is 0.276. The van der Waals surface area contributed by atoms with Gasteiger partial charge in [0.2, 0.25) is 0 Å². The number of hydrogen-bond donors (Lipinski definition) is 0. The van der Waals surface area contributed by atoms with Crippen molar-refractivity contribution in [2.24, 2.45) is 5.92 Å². The molecule has 0 N–H and O–H groups in total. The maximum absolute atomic E-state index is 12.2. The van der Waals surface area contributed by atoms with E-state index < -0.39 is 0 Å². The minimum Gasteiger partial charge on any atom is -0.288 e. The first-order chi connectivity index (χ1) is 7.56. The van der Waals surface area contributed by atoms with Gasteiger partial charge in [-0.15, -0.1) is 0 Å². The van der Waals surface area contributed by atoms with E-state index >= 15 is 0 Å². The highest BCUT2D eigenvalue weighted by Crippen LogP contribution is 2.32. The van der Waals surface area contributed by atoms with E-state index in [0.717, 1.165) is 28.4 Å². The Bertz CT molecular complexity index is 324. The van der Waals surface area contributed by atoms with Gasteiger partial charge in [-0.2, -0.15) is 0 Å². The van der Waals surface area contributed by atoms with Gasteiger partial charge < -0.3 is 0 Å². The Labute approximate surface area is 113 Å². The molecule has 0 radical (unpaired) electrons. The summed E-state index contributed by atoms with van der Waals surface area (Å²) in [6.07, 6.45) is 7.56. The average molecular weight is 332 g/mol. The molecule has 0 bridgehead atoms. The van der Waals surface area contributed by atoms with Crippen LogP contribution in [0, 0.1) is 5.92 Å². The Balaban J connectivity index is 2.94. The second-order valence-electron chi connectivity index (χ2n) is 4.85. The summed E-state index contributed by atoms with van der Waals surface area (Å²) >= 11 is 2.15. The predicted molar refractivity (Wildman–Crippen MR) is 77.7 cm³/mol. The molecule has 0 atom stereocenters. The summed E-state index contributed by atoms with van der Waals surface area (Å²) in [4.78, 5) is 12.2. The molecule has 0 aromatic carbocycles. The molecule has 1 aliphatic rings. The lowest BCUT2D eigenvalue weighted by molar-refractivity contribution is -0.111. The Morgan fingerprint density at radius 2 is 2.00 bits per heavy atom. The normalized spacial score (nSPS) is 18.2. The average Bonchev–Trinajstić information content (AvgIpc) is 2.27. The van der Waals surface area contributed by atoms with Gasteiger partial charge in [-0.25, -0.2) is 0 Å². The van der Waals surface area contributed by atoms with Gasteiger partial charge in [0.05, 0.1) is 3.58 Å². The van der Waals surface area contributed by atoms with Crippen LogP contribution in [0.25, 0.3) is 0 Å². The predicted octanol–water partition coefficient (Wildman–Crippen LogP) is 4.81.